The molecule has 0 aliphatic heterocycles. The Hall–Kier alpha value is -1.29. The molecule has 0 amide bonds. The van der Waals surface area contributed by atoms with Crippen LogP contribution in [-0.2, 0) is 0 Å². The number of benzene rings is 1. The van der Waals surface area contributed by atoms with Gasteiger partial charge in [-0.2, -0.15) is 0 Å². The van der Waals surface area contributed by atoms with E-state index in [1.165, 1.54) is 42.5 Å². The van der Waals surface area contributed by atoms with Gasteiger partial charge in [-0.3, -0.25) is 0 Å². The van der Waals surface area contributed by atoms with Gasteiger partial charge < -0.3 is 9.88 Å². The molecule has 1 fully saturated rings. The minimum Gasteiger partial charge on any atom is -0.325 e. The number of rotatable bonds is 3. The third-order valence-corrected chi connectivity index (χ3v) is 4.76. The molecule has 2 aromatic rings. The van der Waals surface area contributed by atoms with Crippen LogP contribution in [0.25, 0.3) is 0 Å². The summed E-state index contributed by atoms with van der Waals surface area (Å²) < 4.78 is 3.46. The lowest BCUT2D eigenvalue weighted by atomic mass is 10.1. The van der Waals surface area contributed by atoms with Crippen molar-refractivity contribution in [3.63, 3.8) is 0 Å². The number of hydrogen-bond acceptors (Lipinski definition) is 2. The Balaban J connectivity index is 1.95. The molecule has 0 saturated heterocycles. The highest BCUT2D eigenvalue weighted by Gasteiger charge is 2.20. The lowest BCUT2D eigenvalue weighted by Crippen LogP contribution is -2.09. The van der Waals surface area contributed by atoms with Gasteiger partial charge in [-0.25, -0.2) is 4.98 Å². The summed E-state index contributed by atoms with van der Waals surface area (Å²) in [4.78, 5) is 4.70. The van der Waals surface area contributed by atoms with E-state index >= 15 is 0 Å². The maximum Gasteiger partial charge on any atom is 0.207 e. The molecule has 112 valence electrons. The van der Waals surface area contributed by atoms with E-state index in [9.17, 15) is 0 Å². The largest absolute Gasteiger partial charge is 0.325 e. The molecule has 0 radical (unpaired) electrons. The van der Waals surface area contributed by atoms with E-state index in [1.54, 1.807) is 0 Å². The summed E-state index contributed by atoms with van der Waals surface area (Å²) in [7, 11) is 0. The van der Waals surface area contributed by atoms with Crippen molar-refractivity contribution >= 4 is 27.6 Å². The molecule has 21 heavy (non-hydrogen) atoms. The third-order valence-electron chi connectivity index (χ3n) is 4.31. The van der Waals surface area contributed by atoms with Crippen LogP contribution in [-0.4, -0.2) is 9.55 Å². The van der Waals surface area contributed by atoms with Crippen LogP contribution in [0, 0.1) is 20.8 Å². The van der Waals surface area contributed by atoms with Crippen LogP contribution in [0.5, 0.6) is 0 Å². The van der Waals surface area contributed by atoms with Crippen molar-refractivity contribution in [1.82, 2.24) is 9.55 Å². The van der Waals surface area contributed by atoms with Gasteiger partial charge in [0.05, 0.1) is 5.69 Å². The van der Waals surface area contributed by atoms with Crippen molar-refractivity contribution in [2.45, 2.75) is 52.5 Å². The highest BCUT2D eigenvalue weighted by atomic mass is 79.9. The number of halogens is 1. The fourth-order valence-electron chi connectivity index (χ4n) is 3.29. The Morgan fingerprint density at radius 3 is 2.38 bits per heavy atom. The fraction of sp³-hybridized carbons (Fsp3) is 0.471. The van der Waals surface area contributed by atoms with Gasteiger partial charge in [0.2, 0.25) is 5.95 Å². The molecule has 0 unspecified atom stereocenters. The first-order valence-electron chi connectivity index (χ1n) is 7.64. The van der Waals surface area contributed by atoms with Crippen LogP contribution in [0.1, 0.15) is 48.5 Å². The van der Waals surface area contributed by atoms with E-state index in [0.717, 1.165) is 16.1 Å². The van der Waals surface area contributed by atoms with Crippen molar-refractivity contribution in [2.75, 3.05) is 5.32 Å². The van der Waals surface area contributed by atoms with Crippen molar-refractivity contribution in [1.29, 1.82) is 0 Å². The zero-order chi connectivity index (χ0) is 15.0. The molecule has 1 aromatic carbocycles. The molecule has 3 nitrogen and oxygen atoms in total. The van der Waals surface area contributed by atoms with Crippen LogP contribution in [0.3, 0.4) is 0 Å². The summed E-state index contributed by atoms with van der Waals surface area (Å²) in [6.45, 7) is 6.34. The molecule has 1 aliphatic carbocycles. The molecule has 1 N–H and O–H groups in total. The highest BCUT2D eigenvalue weighted by molar-refractivity contribution is 9.10. The predicted octanol–water partition coefficient (Wildman–Crippen LogP) is 5.43. The number of imidazole rings is 1. The third kappa shape index (κ3) is 3.00. The molecule has 1 saturated carbocycles. The van der Waals surface area contributed by atoms with Gasteiger partial charge in [-0.1, -0.05) is 28.8 Å². The summed E-state index contributed by atoms with van der Waals surface area (Å²) in [5, 5.41) is 3.57. The molecule has 0 spiro atoms. The molecular formula is C17H22BrN3. The van der Waals surface area contributed by atoms with Gasteiger partial charge in [-0.05, 0) is 56.9 Å². The minimum absolute atomic E-state index is 0.602. The van der Waals surface area contributed by atoms with E-state index in [2.05, 4.69) is 64.9 Å². The minimum atomic E-state index is 0.602. The molecule has 3 rings (SSSR count). The number of aryl methyl sites for hydroxylation is 3. The van der Waals surface area contributed by atoms with Gasteiger partial charge in [0.25, 0.3) is 0 Å². The van der Waals surface area contributed by atoms with Crippen molar-refractivity contribution < 1.29 is 0 Å². The number of nitrogens with one attached hydrogen (secondary N) is 1. The zero-order valence-corrected chi connectivity index (χ0v) is 14.5. The topological polar surface area (TPSA) is 29.9 Å². The van der Waals surface area contributed by atoms with E-state index in [0.29, 0.717) is 6.04 Å². The highest BCUT2D eigenvalue weighted by Crippen LogP contribution is 2.34. The normalized spacial score (nSPS) is 15.6. The Bertz CT molecular complexity index is 631. The van der Waals surface area contributed by atoms with Crippen molar-refractivity contribution in [2.24, 2.45) is 0 Å². The maximum atomic E-state index is 4.70. The van der Waals surface area contributed by atoms with E-state index in [1.807, 2.05) is 0 Å². The molecule has 0 atom stereocenters. The molecular weight excluding hydrogens is 326 g/mol. The second-order valence-corrected chi connectivity index (χ2v) is 7.01. The fourth-order valence-corrected chi connectivity index (χ4v) is 3.98. The molecule has 0 bridgehead atoms. The standard InChI is InChI=1S/C17H22BrN3/c1-11-8-14(18)9-12(2)16(11)20-17-19-13(3)10-21(17)15-6-4-5-7-15/h8-10,15H,4-7H2,1-3H3,(H,19,20). The van der Waals surface area contributed by atoms with Gasteiger partial charge in [-0.15, -0.1) is 0 Å². The van der Waals surface area contributed by atoms with Crippen molar-refractivity contribution in [3.05, 3.63) is 39.6 Å². The lowest BCUT2D eigenvalue weighted by molar-refractivity contribution is 0.524. The molecule has 1 aromatic heterocycles. The SMILES string of the molecule is Cc1cn(C2CCCC2)c(Nc2c(C)cc(Br)cc2C)n1. The summed E-state index contributed by atoms with van der Waals surface area (Å²) in [5.74, 6) is 0.980. The Labute approximate surface area is 134 Å². The smallest absolute Gasteiger partial charge is 0.207 e. The Kier molecular flexibility index (Phi) is 4.07. The van der Waals surface area contributed by atoms with E-state index < -0.39 is 0 Å². The van der Waals surface area contributed by atoms with Crippen LogP contribution in [0.15, 0.2) is 22.8 Å². The first kappa shape index (κ1) is 14.6. The molecule has 1 heterocycles. The van der Waals surface area contributed by atoms with Crippen LogP contribution < -0.4 is 5.32 Å². The summed E-state index contributed by atoms with van der Waals surface area (Å²) in [5.41, 5.74) is 4.72. The molecule has 1 aliphatic rings. The first-order valence-corrected chi connectivity index (χ1v) is 8.43. The second kappa shape index (κ2) is 5.84. The number of nitrogens with zero attached hydrogens (tertiary/aromatic N) is 2. The van der Waals surface area contributed by atoms with E-state index in [-0.39, 0.29) is 0 Å². The van der Waals surface area contributed by atoms with Gasteiger partial charge >= 0.3 is 0 Å². The first-order chi connectivity index (χ1) is 10.0. The number of anilines is 2. The molecule has 4 heteroatoms. The van der Waals surface area contributed by atoms with Crippen molar-refractivity contribution in [3.8, 4) is 0 Å². The Morgan fingerprint density at radius 1 is 1.14 bits per heavy atom. The Morgan fingerprint density at radius 2 is 1.76 bits per heavy atom. The van der Waals surface area contributed by atoms with Gasteiger partial charge in [0, 0.05) is 22.4 Å². The quantitative estimate of drug-likeness (QED) is 0.802. The zero-order valence-electron chi connectivity index (χ0n) is 12.9. The second-order valence-electron chi connectivity index (χ2n) is 6.09. The summed E-state index contributed by atoms with van der Waals surface area (Å²) in [6, 6.07) is 4.89. The van der Waals surface area contributed by atoms with Gasteiger partial charge in [0.1, 0.15) is 0 Å². The van der Waals surface area contributed by atoms with Crippen LogP contribution >= 0.6 is 15.9 Å². The maximum absolute atomic E-state index is 4.70. The number of aromatic nitrogens is 2. The number of hydrogen-bond donors (Lipinski definition) is 1. The van der Waals surface area contributed by atoms with E-state index in [4.69, 9.17) is 4.98 Å². The average Bonchev–Trinajstić information content (AvgIpc) is 3.02. The average molecular weight is 348 g/mol. The predicted molar refractivity (Wildman–Crippen MR) is 91.4 cm³/mol. The van der Waals surface area contributed by atoms with Gasteiger partial charge in [0.15, 0.2) is 0 Å². The van der Waals surface area contributed by atoms with Crippen LogP contribution in [0.4, 0.5) is 11.6 Å². The summed E-state index contributed by atoms with van der Waals surface area (Å²) >= 11 is 3.56. The van der Waals surface area contributed by atoms with Crippen LogP contribution in [0.2, 0.25) is 0 Å². The lowest BCUT2D eigenvalue weighted by Gasteiger charge is -2.18. The summed E-state index contributed by atoms with van der Waals surface area (Å²) in [6.07, 6.45) is 7.38. The monoisotopic (exact) mass is 347 g/mol.